The number of amides is 1. The first-order valence-electron chi connectivity index (χ1n) is 9.05. The summed E-state index contributed by atoms with van der Waals surface area (Å²) in [5.74, 6) is -0.422. The molecule has 0 radical (unpaired) electrons. The molecule has 132 valence electrons. The fourth-order valence-corrected chi connectivity index (χ4v) is 3.59. The Hall–Kier alpha value is -2.33. The third-order valence-electron chi connectivity index (χ3n) is 5.05. The molecule has 2 aromatic carbocycles. The van der Waals surface area contributed by atoms with Gasteiger partial charge in [-0.15, -0.1) is 0 Å². The molecular weight excluding hydrogens is 312 g/mol. The summed E-state index contributed by atoms with van der Waals surface area (Å²) < 4.78 is 0. The third kappa shape index (κ3) is 4.02. The minimum absolute atomic E-state index is 0.193. The van der Waals surface area contributed by atoms with Gasteiger partial charge >= 0.3 is 0 Å². The van der Waals surface area contributed by atoms with Crippen LogP contribution in [-0.4, -0.2) is 23.2 Å². The quantitative estimate of drug-likeness (QED) is 0.777. The van der Waals surface area contributed by atoms with E-state index in [0.29, 0.717) is 5.56 Å². The van der Waals surface area contributed by atoms with Crippen molar-refractivity contribution < 1.29 is 9.90 Å². The number of aliphatic hydroxyl groups excluding tert-OH is 1. The predicted molar refractivity (Wildman–Crippen MR) is 102 cm³/mol. The number of carbonyl (C=O) groups excluding carboxylic acids is 1. The van der Waals surface area contributed by atoms with Gasteiger partial charge in [-0.05, 0) is 60.9 Å². The highest BCUT2D eigenvalue weighted by molar-refractivity contribution is 6.00. The standard InChI is InChI=1S/C21H26N2O2/c1-2-14-5-3-4-6-18(14)15-7-12-20(19(13-15)21(22)25)23-16-8-10-17(24)11-9-16/h3-7,12-13,16-17,23-24H,2,8-11H2,1H3,(H2,22,25). The van der Waals surface area contributed by atoms with E-state index in [9.17, 15) is 9.90 Å². The average molecular weight is 338 g/mol. The van der Waals surface area contributed by atoms with Crippen LogP contribution in [-0.2, 0) is 6.42 Å². The average Bonchev–Trinajstić information content (AvgIpc) is 2.63. The smallest absolute Gasteiger partial charge is 0.250 e. The number of aliphatic hydroxyl groups is 1. The van der Waals surface area contributed by atoms with Crippen LogP contribution >= 0.6 is 0 Å². The molecule has 4 heteroatoms. The maximum absolute atomic E-state index is 12.0. The molecule has 0 saturated heterocycles. The highest BCUT2D eigenvalue weighted by atomic mass is 16.3. The summed E-state index contributed by atoms with van der Waals surface area (Å²) in [4.78, 5) is 12.0. The van der Waals surface area contributed by atoms with E-state index < -0.39 is 5.91 Å². The van der Waals surface area contributed by atoms with Gasteiger partial charge in [0, 0.05) is 11.7 Å². The molecule has 0 unspecified atom stereocenters. The number of nitrogens with two attached hydrogens (primary N) is 1. The molecule has 3 rings (SSSR count). The zero-order valence-corrected chi connectivity index (χ0v) is 14.7. The lowest BCUT2D eigenvalue weighted by Crippen LogP contribution is -2.29. The van der Waals surface area contributed by atoms with Crippen molar-refractivity contribution in [2.24, 2.45) is 5.73 Å². The van der Waals surface area contributed by atoms with Crippen molar-refractivity contribution in [3.63, 3.8) is 0 Å². The highest BCUT2D eigenvalue weighted by Gasteiger charge is 2.21. The molecule has 1 aliphatic carbocycles. The van der Waals surface area contributed by atoms with Crippen molar-refractivity contribution in [2.45, 2.75) is 51.2 Å². The van der Waals surface area contributed by atoms with Gasteiger partial charge in [-0.25, -0.2) is 0 Å². The van der Waals surface area contributed by atoms with E-state index in [4.69, 9.17) is 5.73 Å². The van der Waals surface area contributed by atoms with E-state index in [1.165, 1.54) is 5.56 Å². The van der Waals surface area contributed by atoms with Crippen LogP contribution in [0, 0.1) is 0 Å². The van der Waals surface area contributed by atoms with E-state index in [1.54, 1.807) is 0 Å². The summed E-state index contributed by atoms with van der Waals surface area (Å²) in [5, 5.41) is 13.1. The summed E-state index contributed by atoms with van der Waals surface area (Å²) in [6, 6.07) is 14.4. The Labute approximate surface area is 149 Å². The molecule has 0 bridgehead atoms. The number of benzene rings is 2. The number of carbonyl (C=O) groups is 1. The number of rotatable bonds is 5. The van der Waals surface area contributed by atoms with Crippen LogP contribution in [0.25, 0.3) is 11.1 Å². The molecule has 0 spiro atoms. The highest BCUT2D eigenvalue weighted by Crippen LogP contribution is 2.30. The minimum atomic E-state index is -0.422. The lowest BCUT2D eigenvalue weighted by atomic mass is 9.92. The molecule has 4 N–H and O–H groups in total. The molecule has 1 amide bonds. The Kier molecular flexibility index (Phi) is 5.39. The Balaban J connectivity index is 1.89. The summed E-state index contributed by atoms with van der Waals surface area (Å²) in [5.41, 5.74) is 10.3. The van der Waals surface area contributed by atoms with Crippen LogP contribution in [0.1, 0.15) is 48.5 Å². The first-order valence-corrected chi connectivity index (χ1v) is 9.05. The second kappa shape index (κ2) is 7.70. The van der Waals surface area contributed by atoms with Crippen molar-refractivity contribution in [1.82, 2.24) is 0 Å². The van der Waals surface area contributed by atoms with Gasteiger partial charge in [-0.2, -0.15) is 0 Å². The normalized spacial score (nSPS) is 20.2. The lowest BCUT2D eigenvalue weighted by molar-refractivity contribution is 0.100. The summed E-state index contributed by atoms with van der Waals surface area (Å²) >= 11 is 0. The SMILES string of the molecule is CCc1ccccc1-c1ccc(NC2CCC(O)CC2)c(C(N)=O)c1. The van der Waals surface area contributed by atoms with Crippen LogP contribution in [0.3, 0.4) is 0 Å². The van der Waals surface area contributed by atoms with E-state index >= 15 is 0 Å². The maximum Gasteiger partial charge on any atom is 0.250 e. The van der Waals surface area contributed by atoms with Crippen molar-refractivity contribution in [1.29, 1.82) is 0 Å². The van der Waals surface area contributed by atoms with Gasteiger partial charge in [0.1, 0.15) is 0 Å². The number of aryl methyl sites for hydroxylation is 1. The Bertz CT molecular complexity index is 749. The van der Waals surface area contributed by atoms with E-state index in [1.807, 2.05) is 30.3 Å². The summed E-state index contributed by atoms with van der Waals surface area (Å²) in [7, 11) is 0. The fraction of sp³-hybridized carbons (Fsp3) is 0.381. The van der Waals surface area contributed by atoms with Crippen molar-refractivity contribution in [3.05, 3.63) is 53.6 Å². The number of nitrogens with one attached hydrogen (secondary N) is 1. The Morgan fingerprint density at radius 2 is 1.88 bits per heavy atom. The molecule has 0 aromatic heterocycles. The summed E-state index contributed by atoms with van der Waals surface area (Å²) in [6.45, 7) is 2.13. The van der Waals surface area contributed by atoms with Crippen molar-refractivity contribution >= 4 is 11.6 Å². The second-order valence-corrected chi connectivity index (χ2v) is 6.79. The Morgan fingerprint density at radius 3 is 2.56 bits per heavy atom. The van der Waals surface area contributed by atoms with Gasteiger partial charge in [0.25, 0.3) is 5.91 Å². The first-order chi connectivity index (χ1) is 12.1. The topological polar surface area (TPSA) is 75.3 Å². The van der Waals surface area contributed by atoms with Crippen LogP contribution in [0.15, 0.2) is 42.5 Å². The monoisotopic (exact) mass is 338 g/mol. The fourth-order valence-electron chi connectivity index (χ4n) is 3.59. The van der Waals surface area contributed by atoms with Gasteiger partial charge in [0.15, 0.2) is 0 Å². The first kappa shape index (κ1) is 17.5. The van der Waals surface area contributed by atoms with Crippen LogP contribution in [0.2, 0.25) is 0 Å². The zero-order chi connectivity index (χ0) is 17.8. The third-order valence-corrected chi connectivity index (χ3v) is 5.05. The van der Waals surface area contributed by atoms with Gasteiger partial charge in [0.2, 0.25) is 0 Å². The molecule has 1 aliphatic rings. The lowest BCUT2D eigenvalue weighted by Gasteiger charge is -2.27. The van der Waals surface area contributed by atoms with Gasteiger partial charge in [0.05, 0.1) is 11.7 Å². The number of anilines is 1. The minimum Gasteiger partial charge on any atom is -0.393 e. The van der Waals surface area contributed by atoms with Crippen LogP contribution < -0.4 is 11.1 Å². The predicted octanol–water partition coefficient (Wildman–Crippen LogP) is 3.73. The summed E-state index contributed by atoms with van der Waals surface area (Å²) in [6.07, 6.45) is 4.14. The maximum atomic E-state index is 12.0. The molecule has 1 fully saturated rings. The van der Waals surface area contributed by atoms with Gasteiger partial charge in [-0.1, -0.05) is 37.3 Å². The van der Waals surface area contributed by atoms with Gasteiger partial charge < -0.3 is 16.2 Å². The second-order valence-electron chi connectivity index (χ2n) is 6.79. The number of hydrogen-bond acceptors (Lipinski definition) is 3. The zero-order valence-electron chi connectivity index (χ0n) is 14.7. The largest absolute Gasteiger partial charge is 0.393 e. The molecule has 4 nitrogen and oxygen atoms in total. The molecular formula is C21H26N2O2. The van der Waals surface area contributed by atoms with Crippen molar-refractivity contribution in [3.8, 4) is 11.1 Å². The molecule has 2 aromatic rings. The number of primary amides is 1. The number of hydrogen-bond donors (Lipinski definition) is 3. The molecule has 25 heavy (non-hydrogen) atoms. The van der Waals surface area contributed by atoms with E-state index in [0.717, 1.165) is 48.9 Å². The van der Waals surface area contributed by atoms with Gasteiger partial charge in [-0.3, -0.25) is 4.79 Å². The molecule has 0 aliphatic heterocycles. The molecule has 0 atom stereocenters. The van der Waals surface area contributed by atoms with Crippen LogP contribution in [0.4, 0.5) is 5.69 Å². The van der Waals surface area contributed by atoms with Crippen LogP contribution in [0.5, 0.6) is 0 Å². The Morgan fingerprint density at radius 1 is 1.16 bits per heavy atom. The van der Waals surface area contributed by atoms with E-state index in [-0.39, 0.29) is 12.1 Å². The molecule has 0 heterocycles. The molecule has 1 saturated carbocycles. The van der Waals surface area contributed by atoms with E-state index in [2.05, 4.69) is 24.4 Å². The van der Waals surface area contributed by atoms with Crippen molar-refractivity contribution in [2.75, 3.05) is 5.32 Å².